The molecule has 6 rings (SSSR count). The molecule has 1 unspecified atom stereocenters. The third-order valence-electron chi connectivity index (χ3n) is 8.38. The number of nitrogens with zero attached hydrogens (tertiary/aromatic N) is 4. The number of carbonyl (C=O) groups is 3. The first-order valence-electron chi connectivity index (χ1n) is 11.8. The van der Waals surface area contributed by atoms with Gasteiger partial charge in [-0.3, -0.25) is 19.3 Å². The molecule has 3 heterocycles. The minimum Gasteiger partial charge on any atom is -0.366 e. The van der Waals surface area contributed by atoms with Crippen LogP contribution in [0.1, 0.15) is 53.2 Å². The van der Waals surface area contributed by atoms with Crippen molar-refractivity contribution < 1.29 is 14.4 Å². The number of piperazine rings is 1. The van der Waals surface area contributed by atoms with Crippen molar-refractivity contribution in [2.24, 2.45) is 17.4 Å². The molecular formula is C24H28N6O3. The summed E-state index contributed by atoms with van der Waals surface area (Å²) in [6, 6.07) is 6.74. The second-order valence-corrected chi connectivity index (χ2v) is 10.2. The standard InChI is InChI=1S/C24H28N6O3/c25-9-15-6-14-7-20(14)29(15)23(32)18(26)11-28-10-16-8-21(28)24(33)30(16)19-4-2-12-5-13(22(27)31)1-3-17(12)19/h1,3,5,14-16,18-21H,2,4,6-8,10-11,26H2,(H2,27,31)/t14-,15+,16?,18+,19-,20+,21-/m1/s1. The van der Waals surface area contributed by atoms with E-state index < -0.39 is 11.9 Å². The summed E-state index contributed by atoms with van der Waals surface area (Å²) < 4.78 is 0. The molecule has 1 saturated carbocycles. The Balaban J connectivity index is 1.13. The molecule has 0 aromatic heterocycles. The highest BCUT2D eigenvalue weighted by Gasteiger charge is 2.56. The van der Waals surface area contributed by atoms with Crippen LogP contribution in [0.25, 0.3) is 0 Å². The molecule has 2 bridgehead atoms. The second-order valence-electron chi connectivity index (χ2n) is 10.2. The Morgan fingerprint density at radius 2 is 2.03 bits per heavy atom. The smallest absolute Gasteiger partial charge is 0.248 e. The Bertz CT molecular complexity index is 1100. The summed E-state index contributed by atoms with van der Waals surface area (Å²) in [6.45, 7) is 1.05. The first kappa shape index (κ1) is 20.6. The molecular weight excluding hydrogens is 420 g/mol. The second kappa shape index (κ2) is 7.27. The van der Waals surface area contributed by atoms with E-state index in [0.717, 1.165) is 43.2 Å². The van der Waals surface area contributed by atoms with Crippen LogP contribution in [0.15, 0.2) is 18.2 Å². The van der Waals surface area contributed by atoms with Crippen LogP contribution in [0.5, 0.6) is 0 Å². The number of amides is 3. The number of nitriles is 1. The molecule has 7 atom stereocenters. The molecule has 3 amide bonds. The fraction of sp³-hybridized carbons (Fsp3) is 0.583. The van der Waals surface area contributed by atoms with Gasteiger partial charge in [0.05, 0.1) is 24.2 Å². The van der Waals surface area contributed by atoms with Gasteiger partial charge in [-0.1, -0.05) is 6.07 Å². The monoisotopic (exact) mass is 448 g/mol. The van der Waals surface area contributed by atoms with Crippen molar-refractivity contribution in [2.75, 3.05) is 13.1 Å². The van der Waals surface area contributed by atoms with E-state index in [2.05, 4.69) is 11.0 Å². The molecule has 0 radical (unpaired) electrons. The molecule has 3 saturated heterocycles. The van der Waals surface area contributed by atoms with Gasteiger partial charge < -0.3 is 21.3 Å². The van der Waals surface area contributed by atoms with Gasteiger partial charge in [0.2, 0.25) is 17.7 Å². The number of benzene rings is 1. The number of fused-ring (bicyclic) bond motifs is 4. The van der Waals surface area contributed by atoms with E-state index in [9.17, 15) is 19.6 Å². The van der Waals surface area contributed by atoms with Crippen LogP contribution in [0.2, 0.25) is 0 Å². The summed E-state index contributed by atoms with van der Waals surface area (Å²) in [6.07, 6.45) is 4.15. The van der Waals surface area contributed by atoms with E-state index in [0.29, 0.717) is 24.6 Å². The molecule has 33 heavy (non-hydrogen) atoms. The van der Waals surface area contributed by atoms with Crippen LogP contribution in [-0.2, 0) is 16.0 Å². The largest absolute Gasteiger partial charge is 0.366 e. The summed E-state index contributed by atoms with van der Waals surface area (Å²) in [7, 11) is 0. The molecule has 5 aliphatic rings. The highest BCUT2D eigenvalue weighted by molar-refractivity contribution is 5.93. The zero-order valence-corrected chi connectivity index (χ0v) is 18.4. The van der Waals surface area contributed by atoms with Gasteiger partial charge in [0.25, 0.3) is 0 Å². The average molecular weight is 449 g/mol. The zero-order chi connectivity index (χ0) is 23.0. The number of piperidine rings is 1. The van der Waals surface area contributed by atoms with Crippen LogP contribution in [-0.4, -0.2) is 75.7 Å². The summed E-state index contributed by atoms with van der Waals surface area (Å²) in [5.41, 5.74) is 14.4. The maximum absolute atomic E-state index is 13.3. The molecule has 2 aliphatic carbocycles. The Morgan fingerprint density at radius 1 is 1.21 bits per heavy atom. The lowest BCUT2D eigenvalue weighted by atomic mass is 10.0. The van der Waals surface area contributed by atoms with Crippen molar-refractivity contribution in [1.82, 2.24) is 14.7 Å². The highest BCUT2D eigenvalue weighted by Crippen LogP contribution is 2.48. The van der Waals surface area contributed by atoms with Gasteiger partial charge in [-0.05, 0) is 61.3 Å². The predicted molar refractivity (Wildman–Crippen MR) is 117 cm³/mol. The topological polar surface area (TPSA) is 137 Å². The molecule has 0 spiro atoms. The first-order chi connectivity index (χ1) is 15.9. The quantitative estimate of drug-likeness (QED) is 0.645. The fourth-order valence-corrected chi connectivity index (χ4v) is 6.75. The Hall–Kier alpha value is -2.96. The van der Waals surface area contributed by atoms with Crippen LogP contribution in [0, 0.1) is 17.2 Å². The Morgan fingerprint density at radius 3 is 2.76 bits per heavy atom. The Labute approximate surface area is 192 Å². The average Bonchev–Trinajstić information content (AvgIpc) is 3.15. The van der Waals surface area contributed by atoms with Crippen molar-refractivity contribution in [3.05, 3.63) is 34.9 Å². The third kappa shape index (κ3) is 3.08. The van der Waals surface area contributed by atoms with Crippen LogP contribution < -0.4 is 11.5 Å². The zero-order valence-electron chi connectivity index (χ0n) is 18.4. The lowest BCUT2D eigenvalue weighted by Crippen LogP contribution is -2.57. The number of rotatable bonds is 5. The van der Waals surface area contributed by atoms with Gasteiger partial charge in [-0.2, -0.15) is 5.26 Å². The third-order valence-corrected chi connectivity index (χ3v) is 8.38. The summed E-state index contributed by atoms with van der Waals surface area (Å²) >= 11 is 0. The van der Waals surface area contributed by atoms with Gasteiger partial charge in [-0.25, -0.2) is 0 Å². The molecule has 1 aromatic carbocycles. The van der Waals surface area contributed by atoms with Gasteiger partial charge >= 0.3 is 0 Å². The lowest BCUT2D eigenvalue weighted by molar-refractivity contribution is -0.141. The summed E-state index contributed by atoms with van der Waals surface area (Å²) in [5.74, 6) is -0.0435. The van der Waals surface area contributed by atoms with E-state index in [1.165, 1.54) is 0 Å². The maximum Gasteiger partial charge on any atom is 0.248 e. The van der Waals surface area contributed by atoms with Crippen molar-refractivity contribution in [2.45, 2.75) is 68.4 Å². The number of hydrogen-bond donors (Lipinski definition) is 2. The molecule has 9 heteroatoms. The molecule has 4 fully saturated rings. The highest BCUT2D eigenvalue weighted by atomic mass is 16.2. The van der Waals surface area contributed by atoms with E-state index in [1.807, 2.05) is 17.0 Å². The van der Waals surface area contributed by atoms with E-state index >= 15 is 0 Å². The number of carbonyl (C=O) groups excluding carboxylic acids is 3. The lowest BCUT2D eigenvalue weighted by Gasteiger charge is -2.38. The normalized spacial score (nSPS) is 34.8. The van der Waals surface area contributed by atoms with Crippen LogP contribution in [0.4, 0.5) is 0 Å². The summed E-state index contributed by atoms with van der Waals surface area (Å²) in [5, 5.41) is 9.39. The molecule has 1 aromatic rings. The number of aryl methyl sites for hydroxylation is 1. The Kier molecular flexibility index (Phi) is 4.55. The van der Waals surface area contributed by atoms with Crippen LogP contribution in [0.3, 0.4) is 0 Å². The van der Waals surface area contributed by atoms with Crippen molar-refractivity contribution in [3.8, 4) is 6.07 Å². The van der Waals surface area contributed by atoms with E-state index in [4.69, 9.17) is 11.5 Å². The first-order valence-corrected chi connectivity index (χ1v) is 11.8. The van der Waals surface area contributed by atoms with Crippen molar-refractivity contribution in [1.29, 1.82) is 5.26 Å². The number of likely N-dealkylation sites (tertiary alicyclic amines) is 3. The van der Waals surface area contributed by atoms with E-state index in [-0.39, 0.29) is 42.0 Å². The van der Waals surface area contributed by atoms with Gasteiger partial charge in [-0.15, -0.1) is 0 Å². The summed E-state index contributed by atoms with van der Waals surface area (Å²) in [4.78, 5) is 43.6. The predicted octanol–water partition coefficient (Wildman–Crippen LogP) is -0.102. The minimum atomic E-state index is -0.722. The number of primary amides is 1. The van der Waals surface area contributed by atoms with Crippen molar-refractivity contribution >= 4 is 17.7 Å². The van der Waals surface area contributed by atoms with Gasteiger partial charge in [0, 0.05) is 30.7 Å². The fourth-order valence-electron chi connectivity index (χ4n) is 6.75. The van der Waals surface area contributed by atoms with Crippen molar-refractivity contribution in [3.63, 3.8) is 0 Å². The molecule has 3 aliphatic heterocycles. The van der Waals surface area contributed by atoms with Gasteiger partial charge in [0.15, 0.2) is 0 Å². The molecule has 9 nitrogen and oxygen atoms in total. The number of hydrogen-bond acceptors (Lipinski definition) is 6. The minimum absolute atomic E-state index is 0.0228. The SMILES string of the molecule is N#C[C@@H]1C[C@@H]2C[C@@H]2N1C(=O)[C@@H](N)CN1CC2C[C@@H]1C(=O)N2[C@@H]1CCc2cc(C(N)=O)ccc21. The van der Waals surface area contributed by atoms with Gasteiger partial charge in [0.1, 0.15) is 6.04 Å². The number of nitrogens with two attached hydrogens (primary N) is 2. The van der Waals surface area contributed by atoms with Crippen LogP contribution >= 0.6 is 0 Å². The van der Waals surface area contributed by atoms with E-state index in [1.54, 1.807) is 11.0 Å². The molecule has 172 valence electrons. The maximum atomic E-state index is 13.3. The molecule has 4 N–H and O–H groups in total.